The number of nitrogens with two attached hydrogens (primary N) is 1. The van der Waals surface area contributed by atoms with Crippen molar-refractivity contribution >= 4 is 24.6 Å². The number of hydrogen-bond acceptors (Lipinski definition) is 6. The van der Waals surface area contributed by atoms with E-state index in [0.717, 1.165) is 5.82 Å². The number of aromatic nitrogens is 4. The van der Waals surface area contributed by atoms with E-state index in [1.165, 1.54) is 0 Å². The van der Waals surface area contributed by atoms with Crippen LogP contribution in [0, 0.1) is 0 Å². The monoisotopic (exact) mass is 371 g/mol. The van der Waals surface area contributed by atoms with Gasteiger partial charge in [-0.3, -0.25) is 4.57 Å². The topological polar surface area (TPSA) is 136 Å². The van der Waals surface area contributed by atoms with Crippen molar-refractivity contribution in [1.82, 2.24) is 19.5 Å². The van der Waals surface area contributed by atoms with Crippen molar-refractivity contribution in [1.29, 1.82) is 0 Å². The number of fused-ring (bicyclic) bond motifs is 1. The molecule has 4 N–H and O–H groups in total. The van der Waals surface area contributed by atoms with Crippen molar-refractivity contribution in [3.63, 3.8) is 0 Å². The standard InChI is InChI=1S/C15H26N5O4P/c1-8(2)13-18-12(16)11-15(19-13)20(14(17-11)9(3)4)6-10(5)24-7-25(21,22)23/h8-10H,6-7H2,1-5H3,(H2,16,18,19)(H2,21,22,23)/t10-/m1/s1. The molecule has 2 aromatic heterocycles. The summed E-state index contributed by atoms with van der Waals surface area (Å²) in [4.78, 5) is 31.4. The molecule has 0 unspecified atom stereocenters. The third-order valence-electron chi connectivity index (χ3n) is 3.67. The van der Waals surface area contributed by atoms with Gasteiger partial charge in [-0.1, -0.05) is 27.7 Å². The first kappa shape index (κ1) is 19.8. The maximum atomic E-state index is 11.0. The lowest BCUT2D eigenvalue weighted by Crippen LogP contribution is -2.20. The molecule has 25 heavy (non-hydrogen) atoms. The number of rotatable bonds is 7. The zero-order valence-electron chi connectivity index (χ0n) is 15.2. The first-order chi connectivity index (χ1) is 11.5. The van der Waals surface area contributed by atoms with Gasteiger partial charge in [0.2, 0.25) is 0 Å². The molecule has 0 spiro atoms. The highest BCUT2D eigenvalue weighted by molar-refractivity contribution is 7.51. The van der Waals surface area contributed by atoms with Crippen molar-refractivity contribution in [3.05, 3.63) is 11.6 Å². The first-order valence-corrected chi connectivity index (χ1v) is 9.99. The molecule has 1 atom stereocenters. The molecule has 0 radical (unpaired) electrons. The van der Waals surface area contributed by atoms with Gasteiger partial charge in [-0.05, 0) is 6.92 Å². The van der Waals surface area contributed by atoms with Crippen LogP contribution >= 0.6 is 7.60 Å². The molecule has 2 rings (SSSR count). The lowest BCUT2D eigenvalue weighted by Gasteiger charge is -2.17. The molecule has 0 aliphatic rings. The Hall–Kier alpha value is -1.54. The lowest BCUT2D eigenvalue weighted by atomic mass is 10.2. The van der Waals surface area contributed by atoms with E-state index in [1.807, 2.05) is 32.3 Å². The molecule has 0 aliphatic carbocycles. The Morgan fingerprint density at radius 2 is 1.76 bits per heavy atom. The van der Waals surface area contributed by atoms with E-state index >= 15 is 0 Å². The zero-order valence-corrected chi connectivity index (χ0v) is 16.1. The van der Waals surface area contributed by atoms with Gasteiger partial charge in [0.25, 0.3) is 0 Å². The van der Waals surface area contributed by atoms with Gasteiger partial charge in [-0.15, -0.1) is 0 Å². The molecular weight excluding hydrogens is 345 g/mol. The normalized spacial score (nSPS) is 14.0. The van der Waals surface area contributed by atoms with Crippen LogP contribution in [0.3, 0.4) is 0 Å². The van der Waals surface area contributed by atoms with Crippen molar-refractivity contribution in [2.45, 2.75) is 59.1 Å². The molecule has 0 bridgehead atoms. The van der Waals surface area contributed by atoms with Crippen LogP contribution in [0.4, 0.5) is 5.82 Å². The van der Waals surface area contributed by atoms with Crippen molar-refractivity contribution in [2.24, 2.45) is 0 Å². The van der Waals surface area contributed by atoms with E-state index in [-0.39, 0.29) is 11.8 Å². The van der Waals surface area contributed by atoms with Gasteiger partial charge in [0.15, 0.2) is 17.0 Å². The molecule has 9 nitrogen and oxygen atoms in total. The van der Waals surface area contributed by atoms with E-state index in [2.05, 4.69) is 15.0 Å². The Morgan fingerprint density at radius 3 is 2.28 bits per heavy atom. The molecule has 2 heterocycles. The first-order valence-electron chi connectivity index (χ1n) is 8.19. The maximum absolute atomic E-state index is 11.0. The van der Waals surface area contributed by atoms with E-state index in [4.69, 9.17) is 20.3 Å². The van der Waals surface area contributed by atoms with Gasteiger partial charge in [-0.2, -0.15) is 0 Å². The van der Waals surface area contributed by atoms with Crippen LogP contribution in [0.5, 0.6) is 0 Å². The number of ether oxygens (including phenoxy) is 1. The Labute approximate surface area is 146 Å². The number of nitrogen functional groups attached to an aromatic ring is 1. The summed E-state index contributed by atoms with van der Waals surface area (Å²) in [5, 5.41) is 0. The lowest BCUT2D eigenvalue weighted by molar-refractivity contribution is 0.0757. The summed E-state index contributed by atoms with van der Waals surface area (Å²) in [6, 6.07) is 0. The molecule has 0 aliphatic heterocycles. The fourth-order valence-corrected chi connectivity index (χ4v) is 2.92. The third kappa shape index (κ3) is 4.76. The predicted octanol–water partition coefficient (Wildman–Crippen LogP) is 2.20. The average molecular weight is 371 g/mol. The molecular formula is C15H26N5O4P. The Balaban J connectivity index is 2.45. The van der Waals surface area contributed by atoms with Crippen LogP contribution in [0.2, 0.25) is 0 Å². The number of nitrogens with zero attached hydrogens (tertiary/aromatic N) is 4. The molecule has 140 valence electrons. The second kappa shape index (κ2) is 7.37. The summed E-state index contributed by atoms with van der Waals surface area (Å²) in [7, 11) is -4.21. The van der Waals surface area contributed by atoms with Gasteiger partial charge in [0.05, 0.1) is 12.6 Å². The van der Waals surface area contributed by atoms with Gasteiger partial charge >= 0.3 is 7.60 Å². The fourth-order valence-electron chi connectivity index (χ4n) is 2.47. The van der Waals surface area contributed by atoms with Crippen LogP contribution in [0.15, 0.2) is 0 Å². The van der Waals surface area contributed by atoms with Crippen LogP contribution in [-0.2, 0) is 15.8 Å². The largest absolute Gasteiger partial charge is 0.382 e. The highest BCUT2D eigenvalue weighted by atomic mass is 31.2. The van der Waals surface area contributed by atoms with Crippen LogP contribution in [0.25, 0.3) is 11.2 Å². The molecule has 0 aromatic carbocycles. The van der Waals surface area contributed by atoms with Crippen LogP contribution in [0.1, 0.15) is 58.1 Å². The Bertz CT molecular complexity index is 799. The third-order valence-corrected chi connectivity index (χ3v) is 4.15. The van der Waals surface area contributed by atoms with E-state index < -0.39 is 20.0 Å². The van der Waals surface area contributed by atoms with Crippen molar-refractivity contribution in [2.75, 3.05) is 12.1 Å². The Morgan fingerprint density at radius 1 is 1.12 bits per heavy atom. The quantitative estimate of drug-likeness (QED) is 0.630. The smallest absolute Gasteiger partial charge is 0.350 e. The minimum absolute atomic E-state index is 0.112. The minimum atomic E-state index is -4.21. The van der Waals surface area contributed by atoms with Crippen LogP contribution in [-0.4, -0.2) is 41.8 Å². The molecule has 2 aromatic rings. The highest BCUT2D eigenvalue weighted by Crippen LogP contribution is 2.34. The predicted molar refractivity (Wildman–Crippen MR) is 95.4 cm³/mol. The van der Waals surface area contributed by atoms with E-state index in [9.17, 15) is 4.57 Å². The molecule has 0 amide bonds. The van der Waals surface area contributed by atoms with Gasteiger partial charge in [0, 0.05) is 11.8 Å². The summed E-state index contributed by atoms with van der Waals surface area (Å²) in [6.45, 7) is 10.1. The summed E-state index contributed by atoms with van der Waals surface area (Å²) >= 11 is 0. The summed E-state index contributed by atoms with van der Waals surface area (Å²) in [5.41, 5.74) is 7.22. The fraction of sp³-hybridized carbons (Fsp3) is 0.667. The van der Waals surface area contributed by atoms with E-state index in [0.29, 0.717) is 29.4 Å². The van der Waals surface area contributed by atoms with Gasteiger partial charge in [-0.25, -0.2) is 15.0 Å². The number of anilines is 1. The van der Waals surface area contributed by atoms with Gasteiger partial charge < -0.3 is 24.8 Å². The summed E-state index contributed by atoms with van der Waals surface area (Å²) in [5.74, 6) is 1.97. The van der Waals surface area contributed by atoms with Gasteiger partial charge in [0.1, 0.15) is 18.0 Å². The molecule has 0 fully saturated rings. The van der Waals surface area contributed by atoms with Crippen molar-refractivity contribution in [3.8, 4) is 0 Å². The second-order valence-corrected chi connectivity index (χ2v) is 8.39. The summed E-state index contributed by atoms with van der Waals surface area (Å²) in [6.07, 6.45) is -1.05. The molecule has 10 heteroatoms. The minimum Gasteiger partial charge on any atom is -0.382 e. The van der Waals surface area contributed by atoms with Crippen molar-refractivity contribution < 1.29 is 19.1 Å². The maximum Gasteiger partial charge on any atom is 0.350 e. The number of hydrogen-bond donors (Lipinski definition) is 3. The van der Waals surface area contributed by atoms with Crippen LogP contribution < -0.4 is 5.73 Å². The number of imidazole rings is 1. The second-order valence-electron chi connectivity index (χ2n) is 6.80. The average Bonchev–Trinajstić information content (AvgIpc) is 2.84. The molecule has 0 saturated carbocycles. The Kier molecular flexibility index (Phi) is 5.83. The summed E-state index contributed by atoms with van der Waals surface area (Å²) < 4.78 is 18.2. The molecule has 0 saturated heterocycles. The highest BCUT2D eigenvalue weighted by Gasteiger charge is 2.22. The zero-order chi connectivity index (χ0) is 18.9. The van der Waals surface area contributed by atoms with E-state index in [1.54, 1.807) is 6.92 Å². The SMILES string of the molecule is CC(C)c1nc(N)c2nc(C(C)C)n(C[C@@H](C)OCP(=O)(O)O)c2n1.